The molecule has 0 unspecified atom stereocenters. The van der Waals surface area contributed by atoms with Crippen molar-refractivity contribution in [3.63, 3.8) is 0 Å². The van der Waals surface area contributed by atoms with Crippen LogP contribution in [0.15, 0.2) is 58.3 Å². The number of amides is 1. The van der Waals surface area contributed by atoms with E-state index in [1.165, 1.54) is 11.8 Å². The standard InChI is InChI=1S/C17H19ClN2O3S2/c1-13-2-8-16(9-3-13)25(22,23)20-11-10-19-17(21)12-24-15-6-4-14(18)5-7-15/h2-9,20H,10-12H2,1H3,(H,19,21). The quantitative estimate of drug-likeness (QED) is 0.529. The first-order chi connectivity index (χ1) is 11.9. The molecule has 0 aliphatic carbocycles. The maximum Gasteiger partial charge on any atom is 0.240 e. The third-order valence-corrected chi connectivity index (χ3v) is 6.00. The van der Waals surface area contributed by atoms with Gasteiger partial charge in [-0.15, -0.1) is 11.8 Å². The Morgan fingerprint density at radius 1 is 1.04 bits per heavy atom. The van der Waals surface area contributed by atoms with E-state index in [0.29, 0.717) is 5.02 Å². The molecule has 0 aliphatic heterocycles. The molecular weight excluding hydrogens is 380 g/mol. The molecule has 2 aromatic rings. The number of hydrogen-bond acceptors (Lipinski definition) is 4. The van der Waals surface area contributed by atoms with Gasteiger partial charge in [-0.1, -0.05) is 29.3 Å². The minimum atomic E-state index is -3.55. The second kappa shape index (κ2) is 9.24. The van der Waals surface area contributed by atoms with Gasteiger partial charge in [0.05, 0.1) is 10.6 Å². The van der Waals surface area contributed by atoms with Crippen molar-refractivity contribution in [3.05, 3.63) is 59.1 Å². The third-order valence-electron chi connectivity index (χ3n) is 3.25. The second-order valence-corrected chi connectivity index (χ2v) is 8.56. The van der Waals surface area contributed by atoms with Gasteiger partial charge >= 0.3 is 0 Å². The molecule has 25 heavy (non-hydrogen) atoms. The minimum absolute atomic E-state index is 0.133. The highest BCUT2D eigenvalue weighted by Gasteiger charge is 2.12. The van der Waals surface area contributed by atoms with Gasteiger partial charge in [0.15, 0.2) is 0 Å². The number of carbonyl (C=O) groups is 1. The largest absolute Gasteiger partial charge is 0.354 e. The topological polar surface area (TPSA) is 75.3 Å². The predicted molar refractivity (Wildman–Crippen MR) is 102 cm³/mol. The molecule has 8 heteroatoms. The Labute approximate surface area is 157 Å². The Morgan fingerprint density at radius 2 is 1.68 bits per heavy atom. The van der Waals surface area contributed by atoms with Crippen molar-refractivity contribution < 1.29 is 13.2 Å². The van der Waals surface area contributed by atoms with Gasteiger partial charge in [0.1, 0.15) is 0 Å². The first-order valence-corrected chi connectivity index (χ1v) is 10.4. The van der Waals surface area contributed by atoms with Gasteiger partial charge in [-0.05, 0) is 43.3 Å². The Hall–Kier alpha value is -1.54. The van der Waals surface area contributed by atoms with Gasteiger partial charge in [-0.25, -0.2) is 13.1 Å². The van der Waals surface area contributed by atoms with Gasteiger partial charge in [-0.2, -0.15) is 0 Å². The summed E-state index contributed by atoms with van der Waals surface area (Å²) in [6.07, 6.45) is 0. The molecule has 0 atom stereocenters. The van der Waals surface area contributed by atoms with Gasteiger partial charge < -0.3 is 5.32 Å². The molecule has 0 saturated carbocycles. The summed E-state index contributed by atoms with van der Waals surface area (Å²) in [6.45, 7) is 2.25. The van der Waals surface area contributed by atoms with Gasteiger partial charge in [-0.3, -0.25) is 4.79 Å². The van der Waals surface area contributed by atoms with Crippen LogP contribution < -0.4 is 10.0 Å². The third kappa shape index (κ3) is 6.70. The van der Waals surface area contributed by atoms with E-state index < -0.39 is 10.0 Å². The lowest BCUT2D eigenvalue weighted by Gasteiger charge is -2.08. The molecular formula is C17H19ClN2O3S2. The van der Waals surface area contributed by atoms with E-state index in [1.54, 1.807) is 36.4 Å². The minimum Gasteiger partial charge on any atom is -0.354 e. The van der Waals surface area contributed by atoms with Crippen LogP contribution in [0.4, 0.5) is 0 Å². The molecule has 0 saturated heterocycles. The van der Waals surface area contributed by atoms with Crippen molar-refractivity contribution in [1.82, 2.24) is 10.0 Å². The van der Waals surface area contributed by atoms with Crippen molar-refractivity contribution in [1.29, 1.82) is 0 Å². The summed E-state index contributed by atoms with van der Waals surface area (Å²) < 4.78 is 26.6. The maximum atomic E-state index is 12.1. The fraction of sp³-hybridized carbons (Fsp3) is 0.235. The van der Waals surface area contributed by atoms with Gasteiger partial charge in [0, 0.05) is 23.0 Å². The molecule has 0 spiro atoms. The van der Waals surface area contributed by atoms with Crippen molar-refractivity contribution in [2.45, 2.75) is 16.7 Å². The summed E-state index contributed by atoms with van der Waals surface area (Å²) in [4.78, 5) is 12.9. The van der Waals surface area contributed by atoms with Crippen LogP contribution in [-0.4, -0.2) is 33.2 Å². The number of thioether (sulfide) groups is 1. The van der Waals surface area contributed by atoms with Crippen LogP contribution in [0.5, 0.6) is 0 Å². The monoisotopic (exact) mass is 398 g/mol. The van der Waals surface area contributed by atoms with Crippen LogP contribution in [-0.2, 0) is 14.8 Å². The maximum absolute atomic E-state index is 12.1. The molecule has 2 rings (SSSR count). The molecule has 134 valence electrons. The lowest BCUT2D eigenvalue weighted by atomic mass is 10.2. The summed E-state index contributed by atoms with van der Waals surface area (Å²) >= 11 is 7.19. The Morgan fingerprint density at radius 3 is 2.32 bits per heavy atom. The van der Waals surface area contributed by atoms with Crippen LogP contribution in [0.25, 0.3) is 0 Å². The fourth-order valence-electron chi connectivity index (χ4n) is 1.92. The molecule has 0 heterocycles. The van der Waals surface area contributed by atoms with E-state index in [2.05, 4.69) is 10.0 Å². The Balaban J connectivity index is 1.70. The van der Waals surface area contributed by atoms with Gasteiger partial charge in [0.25, 0.3) is 0 Å². The number of rotatable bonds is 8. The lowest BCUT2D eigenvalue weighted by Crippen LogP contribution is -2.35. The molecule has 0 fully saturated rings. The van der Waals surface area contributed by atoms with Crippen molar-refractivity contribution in [2.75, 3.05) is 18.8 Å². The smallest absolute Gasteiger partial charge is 0.240 e. The summed E-state index contributed by atoms with van der Waals surface area (Å²) in [5, 5.41) is 3.33. The van der Waals surface area contributed by atoms with Crippen LogP contribution in [0.2, 0.25) is 5.02 Å². The average molecular weight is 399 g/mol. The van der Waals surface area contributed by atoms with E-state index in [4.69, 9.17) is 11.6 Å². The second-order valence-electron chi connectivity index (χ2n) is 5.30. The fourth-order valence-corrected chi connectivity index (χ4v) is 3.80. The number of aryl methyl sites for hydroxylation is 1. The number of halogens is 1. The van der Waals surface area contributed by atoms with Crippen LogP contribution in [0.1, 0.15) is 5.56 Å². The molecule has 1 amide bonds. The SMILES string of the molecule is Cc1ccc(S(=O)(=O)NCCNC(=O)CSc2ccc(Cl)cc2)cc1. The average Bonchev–Trinajstić information content (AvgIpc) is 2.59. The number of hydrogen-bond donors (Lipinski definition) is 2. The highest BCUT2D eigenvalue weighted by atomic mass is 35.5. The van der Waals surface area contributed by atoms with Crippen LogP contribution in [0, 0.1) is 6.92 Å². The first kappa shape index (κ1) is 19.8. The number of sulfonamides is 1. The number of benzene rings is 2. The molecule has 0 aliphatic rings. The Kier molecular flexibility index (Phi) is 7.31. The molecule has 5 nitrogen and oxygen atoms in total. The van der Waals surface area contributed by atoms with E-state index in [1.807, 2.05) is 19.1 Å². The van der Waals surface area contributed by atoms with Crippen molar-refractivity contribution in [2.24, 2.45) is 0 Å². The van der Waals surface area contributed by atoms with Crippen molar-refractivity contribution >= 4 is 39.3 Å². The molecule has 0 bridgehead atoms. The highest BCUT2D eigenvalue weighted by molar-refractivity contribution is 8.00. The first-order valence-electron chi connectivity index (χ1n) is 7.58. The van der Waals surface area contributed by atoms with Crippen molar-refractivity contribution in [3.8, 4) is 0 Å². The summed E-state index contributed by atoms with van der Waals surface area (Å²) in [7, 11) is -3.55. The molecule has 0 radical (unpaired) electrons. The zero-order valence-electron chi connectivity index (χ0n) is 13.7. The van der Waals surface area contributed by atoms with Crippen LogP contribution >= 0.6 is 23.4 Å². The summed E-state index contributed by atoms with van der Waals surface area (Å²) in [5.41, 5.74) is 0.990. The lowest BCUT2D eigenvalue weighted by molar-refractivity contribution is -0.118. The normalized spacial score (nSPS) is 11.3. The van der Waals surface area contributed by atoms with E-state index in [9.17, 15) is 13.2 Å². The predicted octanol–water partition coefficient (Wildman–Crippen LogP) is 2.84. The highest BCUT2D eigenvalue weighted by Crippen LogP contribution is 2.19. The van der Waals surface area contributed by atoms with Crippen LogP contribution in [0.3, 0.4) is 0 Å². The zero-order valence-corrected chi connectivity index (χ0v) is 16.0. The zero-order chi connectivity index (χ0) is 18.3. The molecule has 2 N–H and O–H groups in total. The van der Waals surface area contributed by atoms with E-state index in [0.717, 1.165) is 10.5 Å². The van der Waals surface area contributed by atoms with E-state index in [-0.39, 0.29) is 29.6 Å². The molecule has 2 aromatic carbocycles. The summed E-state index contributed by atoms with van der Waals surface area (Å²) in [5.74, 6) is 0.0984. The summed E-state index contributed by atoms with van der Waals surface area (Å²) in [6, 6.07) is 13.8. The Bertz CT molecular complexity index is 807. The van der Waals surface area contributed by atoms with E-state index >= 15 is 0 Å². The number of carbonyl (C=O) groups excluding carboxylic acids is 1. The molecule has 0 aromatic heterocycles. The number of nitrogens with one attached hydrogen (secondary N) is 2. The van der Waals surface area contributed by atoms with Gasteiger partial charge in [0.2, 0.25) is 15.9 Å².